The molecule has 0 saturated heterocycles. The third-order valence-corrected chi connectivity index (χ3v) is 7.62. The summed E-state index contributed by atoms with van der Waals surface area (Å²) in [7, 11) is 0. The molecule has 0 saturated carbocycles. The quantitative estimate of drug-likeness (QED) is 0.570. The largest absolute Gasteiger partial charge is 0.392 e. The SMILES string of the molecule is CC1=C[C@@H](/C(C)=C/c2csc(C)n2)CNC(=O)C[C@H](O)C(C)(C)C(=O)[C@H](C)[C@@H](O)[C@@H](C)CC=C1. The number of ketones is 1. The Bertz CT molecular complexity index is 960. The lowest BCUT2D eigenvalue weighted by molar-refractivity contribution is -0.143. The Morgan fingerprint density at radius 3 is 2.53 bits per heavy atom. The van der Waals surface area contributed by atoms with Crippen LogP contribution in [0.1, 0.15) is 65.1 Å². The fourth-order valence-electron chi connectivity index (χ4n) is 4.24. The second kappa shape index (κ2) is 12.0. The predicted octanol–water partition coefficient (Wildman–Crippen LogP) is 4.47. The standard InChI is InChI=1S/C27H40N2O4S/c1-16-9-8-10-17(2)25(32)19(4)26(33)27(6,7)23(30)13-24(31)28-14-21(11-16)18(3)12-22-15-34-20(5)29-22/h8-9,11-12,15,17,19,21,23,25,30,32H,10,13-14H2,1-7H3,(H,28,31)/b9-8?,16-11?,18-12+/t17-,19+,21+,23-,25-/m0/s1. The van der Waals surface area contributed by atoms with Crippen molar-refractivity contribution in [2.75, 3.05) is 6.54 Å². The first-order valence-corrected chi connectivity index (χ1v) is 12.8. The van der Waals surface area contributed by atoms with Gasteiger partial charge in [0.1, 0.15) is 5.78 Å². The second-order valence-corrected chi connectivity index (χ2v) is 11.3. The fourth-order valence-corrected chi connectivity index (χ4v) is 4.81. The number of aliphatic hydroxyl groups is 2. The van der Waals surface area contributed by atoms with E-state index in [-0.39, 0.29) is 29.9 Å². The normalized spacial score (nSPS) is 30.1. The monoisotopic (exact) mass is 488 g/mol. The Morgan fingerprint density at radius 1 is 1.24 bits per heavy atom. The van der Waals surface area contributed by atoms with E-state index in [0.29, 0.717) is 13.0 Å². The zero-order valence-corrected chi connectivity index (χ0v) is 22.3. The molecular formula is C27H40N2O4S. The first-order chi connectivity index (χ1) is 15.8. The number of aryl methyl sites for hydroxylation is 1. The first kappa shape index (κ1) is 28.1. The van der Waals surface area contributed by atoms with Gasteiger partial charge in [0, 0.05) is 23.8 Å². The van der Waals surface area contributed by atoms with Crippen molar-refractivity contribution >= 4 is 29.1 Å². The van der Waals surface area contributed by atoms with Gasteiger partial charge in [-0.05, 0) is 39.2 Å². The highest BCUT2D eigenvalue weighted by Crippen LogP contribution is 2.31. The van der Waals surface area contributed by atoms with E-state index in [2.05, 4.69) is 16.4 Å². The van der Waals surface area contributed by atoms with Crippen LogP contribution in [-0.2, 0) is 9.59 Å². The summed E-state index contributed by atoms with van der Waals surface area (Å²) in [6, 6.07) is 0. The summed E-state index contributed by atoms with van der Waals surface area (Å²) in [6.45, 7) is 13.3. The van der Waals surface area contributed by atoms with Gasteiger partial charge in [-0.3, -0.25) is 9.59 Å². The number of thiazole rings is 1. The molecule has 0 spiro atoms. The molecule has 1 aromatic rings. The van der Waals surface area contributed by atoms with E-state index in [9.17, 15) is 19.8 Å². The van der Waals surface area contributed by atoms with Crippen molar-refractivity contribution in [3.8, 4) is 0 Å². The van der Waals surface area contributed by atoms with E-state index in [0.717, 1.165) is 21.8 Å². The van der Waals surface area contributed by atoms with Gasteiger partial charge < -0.3 is 15.5 Å². The summed E-state index contributed by atoms with van der Waals surface area (Å²) in [4.78, 5) is 30.3. The molecule has 188 valence electrons. The molecule has 0 aromatic carbocycles. The Hall–Kier alpha value is -2.09. The highest BCUT2D eigenvalue weighted by Gasteiger charge is 2.41. The molecule has 2 rings (SSSR count). The summed E-state index contributed by atoms with van der Waals surface area (Å²) in [5, 5.41) is 27.5. The van der Waals surface area contributed by atoms with Gasteiger partial charge in [-0.1, -0.05) is 57.1 Å². The Kier molecular flexibility index (Phi) is 9.97. The highest BCUT2D eigenvalue weighted by molar-refractivity contribution is 7.09. The van der Waals surface area contributed by atoms with Crippen LogP contribution < -0.4 is 5.32 Å². The van der Waals surface area contributed by atoms with Crippen LogP contribution in [0.4, 0.5) is 0 Å². The zero-order chi connectivity index (χ0) is 25.6. The maximum absolute atomic E-state index is 13.1. The van der Waals surface area contributed by atoms with Gasteiger partial charge in [0.15, 0.2) is 0 Å². The number of hydrogen-bond donors (Lipinski definition) is 3. The van der Waals surface area contributed by atoms with Gasteiger partial charge in [0.2, 0.25) is 5.91 Å². The third kappa shape index (κ3) is 7.45. The maximum Gasteiger partial charge on any atom is 0.222 e. The van der Waals surface area contributed by atoms with Gasteiger partial charge in [-0.25, -0.2) is 4.98 Å². The van der Waals surface area contributed by atoms with Crippen LogP contribution >= 0.6 is 11.3 Å². The number of carbonyl (C=O) groups is 2. The van der Waals surface area contributed by atoms with Gasteiger partial charge >= 0.3 is 0 Å². The van der Waals surface area contributed by atoms with E-state index in [1.165, 1.54) is 0 Å². The van der Waals surface area contributed by atoms with Crippen molar-refractivity contribution in [3.05, 3.63) is 45.5 Å². The molecule has 0 radical (unpaired) electrons. The topological polar surface area (TPSA) is 99.5 Å². The lowest BCUT2D eigenvalue weighted by Gasteiger charge is -2.34. The van der Waals surface area contributed by atoms with Crippen molar-refractivity contribution in [1.29, 1.82) is 0 Å². The summed E-state index contributed by atoms with van der Waals surface area (Å²) in [5.41, 5.74) is 1.85. The van der Waals surface area contributed by atoms with E-state index < -0.39 is 23.5 Å². The average molecular weight is 489 g/mol. The summed E-state index contributed by atoms with van der Waals surface area (Å²) in [6.07, 6.45) is 6.63. The van der Waals surface area contributed by atoms with Crippen molar-refractivity contribution in [2.24, 2.45) is 23.2 Å². The minimum atomic E-state index is -1.15. The first-order valence-electron chi connectivity index (χ1n) is 11.9. The zero-order valence-electron chi connectivity index (χ0n) is 21.5. The van der Waals surface area contributed by atoms with Crippen molar-refractivity contribution in [3.63, 3.8) is 0 Å². The minimum Gasteiger partial charge on any atom is -0.392 e. The molecule has 1 aliphatic heterocycles. The van der Waals surface area contributed by atoms with Crippen LogP contribution in [0.25, 0.3) is 6.08 Å². The minimum absolute atomic E-state index is 0.0571. The second-order valence-electron chi connectivity index (χ2n) is 10.2. The molecule has 0 bridgehead atoms. The van der Waals surface area contributed by atoms with Gasteiger partial charge in [-0.2, -0.15) is 0 Å². The smallest absolute Gasteiger partial charge is 0.222 e. The predicted molar refractivity (Wildman–Crippen MR) is 138 cm³/mol. The molecule has 2 heterocycles. The number of Topliss-reactive ketones (excluding diaryl/α,β-unsaturated/α-hetero) is 1. The fraction of sp³-hybridized carbons (Fsp3) is 0.593. The van der Waals surface area contributed by atoms with Crippen LogP contribution in [0, 0.1) is 30.1 Å². The average Bonchev–Trinajstić information content (AvgIpc) is 3.18. The molecule has 34 heavy (non-hydrogen) atoms. The number of nitrogens with zero attached hydrogens (tertiary/aromatic N) is 1. The van der Waals surface area contributed by atoms with E-state index in [1.807, 2.05) is 51.3 Å². The molecule has 0 unspecified atom stereocenters. The summed E-state index contributed by atoms with van der Waals surface area (Å²) >= 11 is 1.59. The third-order valence-electron chi connectivity index (χ3n) is 6.82. The van der Waals surface area contributed by atoms with Crippen LogP contribution in [0.15, 0.2) is 34.8 Å². The lowest BCUT2D eigenvalue weighted by atomic mass is 9.73. The summed E-state index contributed by atoms with van der Waals surface area (Å²) < 4.78 is 0. The van der Waals surface area contributed by atoms with Gasteiger partial charge in [-0.15, -0.1) is 11.3 Å². The van der Waals surface area contributed by atoms with Crippen LogP contribution in [0.3, 0.4) is 0 Å². The van der Waals surface area contributed by atoms with Gasteiger partial charge in [0.05, 0.1) is 34.7 Å². The molecule has 6 nitrogen and oxygen atoms in total. The number of nitrogens with one attached hydrogen (secondary N) is 1. The number of allylic oxidation sites excluding steroid dienone is 3. The molecule has 0 aliphatic carbocycles. The lowest BCUT2D eigenvalue weighted by Crippen LogP contribution is -2.46. The van der Waals surface area contributed by atoms with Gasteiger partial charge in [0.25, 0.3) is 0 Å². The molecule has 7 heteroatoms. The molecule has 1 amide bonds. The number of aliphatic hydroxyl groups excluding tert-OH is 2. The van der Waals surface area contributed by atoms with Crippen LogP contribution in [0.2, 0.25) is 0 Å². The maximum atomic E-state index is 13.1. The Balaban J connectivity index is 2.37. The molecule has 0 fully saturated rings. The van der Waals surface area contributed by atoms with E-state index in [1.54, 1.807) is 32.1 Å². The highest BCUT2D eigenvalue weighted by atomic mass is 32.1. The van der Waals surface area contributed by atoms with Crippen LogP contribution in [0.5, 0.6) is 0 Å². The van der Waals surface area contributed by atoms with Crippen LogP contribution in [-0.4, -0.2) is 45.6 Å². The molecular weight excluding hydrogens is 448 g/mol. The Labute approximate surface area is 207 Å². The number of amides is 1. The number of hydrogen-bond acceptors (Lipinski definition) is 6. The van der Waals surface area contributed by atoms with E-state index in [4.69, 9.17) is 0 Å². The Morgan fingerprint density at radius 2 is 1.91 bits per heavy atom. The molecule has 3 N–H and O–H groups in total. The van der Waals surface area contributed by atoms with Crippen molar-refractivity contribution in [2.45, 2.75) is 73.5 Å². The molecule has 1 aliphatic rings. The number of rotatable bonds is 2. The van der Waals surface area contributed by atoms with Crippen molar-refractivity contribution in [1.82, 2.24) is 10.3 Å². The summed E-state index contributed by atoms with van der Waals surface area (Å²) in [5.74, 6) is -1.39. The van der Waals surface area contributed by atoms with E-state index >= 15 is 0 Å². The van der Waals surface area contributed by atoms with Crippen molar-refractivity contribution < 1.29 is 19.8 Å². The number of aromatic nitrogens is 1. The molecule has 1 aromatic heterocycles. The number of carbonyl (C=O) groups excluding carboxylic acids is 2. The molecule has 5 atom stereocenters.